The summed E-state index contributed by atoms with van der Waals surface area (Å²) < 4.78 is 0. The number of nitrogens with one attached hydrogen (secondary N) is 2. The highest BCUT2D eigenvalue weighted by Gasteiger charge is 2.16. The van der Waals surface area contributed by atoms with Gasteiger partial charge in [-0.05, 0) is 19.3 Å². The zero-order valence-corrected chi connectivity index (χ0v) is 10.1. The third kappa shape index (κ3) is 4.67. The Morgan fingerprint density at radius 2 is 2.19 bits per heavy atom. The Hall–Kier alpha value is -1.01. The van der Waals surface area contributed by atoms with Crippen molar-refractivity contribution in [3.05, 3.63) is 0 Å². The van der Waals surface area contributed by atoms with Gasteiger partial charge >= 0.3 is 0 Å². The van der Waals surface area contributed by atoms with Gasteiger partial charge in [-0.15, -0.1) is 12.3 Å². The first-order chi connectivity index (χ1) is 7.76. The van der Waals surface area contributed by atoms with Crippen LogP contribution in [0.25, 0.3) is 0 Å². The summed E-state index contributed by atoms with van der Waals surface area (Å²) in [6.45, 7) is 2.46. The lowest BCUT2D eigenvalue weighted by molar-refractivity contribution is -0.121. The molecule has 0 heterocycles. The van der Waals surface area contributed by atoms with Crippen LogP contribution >= 0.6 is 0 Å². The van der Waals surface area contributed by atoms with E-state index in [9.17, 15) is 4.79 Å². The molecule has 2 N–H and O–H groups in total. The highest BCUT2D eigenvalue weighted by molar-refractivity contribution is 5.78. The topological polar surface area (TPSA) is 41.1 Å². The largest absolute Gasteiger partial charge is 0.351 e. The third-order valence-electron chi connectivity index (χ3n) is 3.13. The van der Waals surface area contributed by atoms with Crippen molar-refractivity contribution in [1.29, 1.82) is 0 Å². The molecule has 1 saturated carbocycles. The Morgan fingerprint density at radius 1 is 1.50 bits per heavy atom. The van der Waals surface area contributed by atoms with Crippen LogP contribution in [0.1, 0.15) is 45.4 Å². The molecular formula is C13H22N2O. The van der Waals surface area contributed by atoms with Gasteiger partial charge in [0.1, 0.15) is 0 Å². The summed E-state index contributed by atoms with van der Waals surface area (Å²) in [5.74, 6) is 2.65. The van der Waals surface area contributed by atoms with Crippen LogP contribution in [0.3, 0.4) is 0 Å². The number of carbonyl (C=O) groups excluding carboxylic acids is 1. The van der Waals surface area contributed by atoms with E-state index < -0.39 is 0 Å². The lowest BCUT2D eigenvalue weighted by Gasteiger charge is -2.16. The fourth-order valence-corrected chi connectivity index (χ4v) is 2.09. The van der Waals surface area contributed by atoms with E-state index in [1.807, 2.05) is 6.92 Å². The number of rotatable bonds is 6. The highest BCUT2D eigenvalue weighted by Crippen LogP contribution is 2.17. The van der Waals surface area contributed by atoms with E-state index in [0.717, 1.165) is 6.42 Å². The molecule has 0 aromatic heterocycles. The quantitative estimate of drug-likeness (QED) is 0.668. The van der Waals surface area contributed by atoms with Gasteiger partial charge in [0.2, 0.25) is 5.91 Å². The molecular weight excluding hydrogens is 200 g/mol. The van der Waals surface area contributed by atoms with Crippen LogP contribution in [0.4, 0.5) is 0 Å². The molecule has 0 radical (unpaired) electrons. The zero-order chi connectivity index (χ0) is 11.8. The first kappa shape index (κ1) is 13.1. The van der Waals surface area contributed by atoms with Crippen LogP contribution < -0.4 is 10.6 Å². The van der Waals surface area contributed by atoms with E-state index in [2.05, 4.69) is 16.6 Å². The Morgan fingerprint density at radius 3 is 2.75 bits per heavy atom. The maximum Gasteiger partial charge on any atom is 0.234 e. The van der Waals surface area contributed by atoms with Gasteiger partial charge in [0.25, 0.3) is 0 Å². The fourth-order valence-electron chi connectivity index (χ4n) is 2.09. The van der Waals surface area contributed by atoms with Crippen molar-refractivity contribution in [2.45, 2.75) is 57.5 Å². The van der Waals surface area contributed by atoms with Crippen LogP contribution in [0.5, 0.6) is 0 Å². The van der Waals surface area contributed by atoms with E-state index in [1.54, 1.807) is 0 Å². The lowest BCUT2D eigenvalue weighted by Crippen LogP contribution is -2.42. The molecule has 16 heavy (non-hydrogen) atoms. The molecule has 1 aliphatic rings. The van der Waals surface area contributed by atoms with Gasteiger partial charge in [0, 0.05) is 18.5 Å². The van der Waals surface area contributed by atoms with Crippen molar-refractivity contribution in [3.8, 4) is 12.3 Å². The zero-order valence-electron chi connectivity index (χ0n) is 10.1. The first-order valence-corrected chi connectivity index (χ1v) is 6.22. The molecule has 0 aromatic rings. The van der Waals surface area contributed by atoms with Gasteiger partial charge in [-0.25, -0.2) is 0 Å². The molecule has 1 aliphatic carbocycles. The summed E-state index contributed by atoms with van der Waals surface area (Å²) in [4.78, 5) is 11.6. The average molecular weight is 222 g/mol. The van der Waals surface area contributed by atoms with Crippen LogP contribution in [0.2, 0.25) is 0 Å². The summed E-state index contributed by atoms with van der Waals surface area (Å²) in [5.41, 5.74) is 0. The SMILES string of the molecule is C#CCC(CC)NC(=O)CNC1CCCC1. The Bertz CT molecular complexity index is 251. The minimum Gasteiger partial charge on any atom is -0.351 e. The monoisotopic (exact) mass is 222 g/mol. The summed E-state index contributed by atoms with van der Waals surface area (Å²) in [6.07, 6.45) is 11.7. The second-order valence-corrected chi connectivity index (χ2v) is 4.44. The van der Waals surface area contributed by atoms with Crippen LogP contribution in [-0.4, -0.2) is 24.5 Å². The predicted molar refractivity (Wildman–Crippen MR) is 65.9 cm³/mol. The second-order valence-electron chi connectivity index (χ2n) is 4.44. The van der Waals surface area contributed by atoms with Gasteiger partial charge in [-0.1, -0.05) is 19.8 Å². The maximum atomic E-state index is 11.6. The average Bonchev–Trinajstić information content (AvgIpc) is 2.78. The van der Waals surface area contributed by atoms with E-state index in [1.165, 1.54) is 25.7 Å². The van der Waals surface area contributed by atoms with Crippen LogP contribution in [-0.2, 0) is 4.79 Å². The minimum absolute atomic E-state index is 0.0639. The Balaban J connectivity index is 2.16. The molecule has 90 valence electrons. The number of carbonyl (C=O) groups is 1. The predicted octanol–water partition coefficient (Wildman–Crippen LogP) is 1.44. The molecule has 0 aromatic carbocycles. The molecule has 0 saturated heterocycles. The van der Waals surface area contributed by atoms with Gasteiger partial charge in [0.15, 0.2) is 0 Å². The van der Waals surface area contributed by atoms with E-state index in [0.29, 0.717) is 19.0 Å². The molecule has 3 nitrogen and oxygen atoms in total. The molecule has 1 amide bonds. The standard InChI is InChI=1S/C13H22N2O/c1-3-7-11(4-2)15-13(16)10-14-12-8-5-6-9-12/h1,11-12,14H,4-10H2,2H3,(H,15,16). The highest BCUT2D eigenvalue weighted by atomic mass is 16.1. The molecule has 1 fully saturated rings. The first-order valence-electron chi connectivity index (χ1n) is 6.22. The summed E-state index contributed by atoms with van der Waals surface area (Å²) in [5, 5.41) is 6.24. The molecule has 1 rings (SSSR count). The number of terminal acetylenes is 1. The molecule has 0 bridgehead atoms. The smallest absolute Gasteiger partial charge is 0.234 e. The van der Waals surface area contributed by atoms with Crippen molar-refractivity contribution in [3.63, 3.8) is 0 Å². The molecule has 0 aliphatic heterocycles. The normalized spacial score (nSPS) is 18.0. The van der Waals surface area contributed by atoms with Gasteiger partial charge < -0.3 is 10.6 Å². The second kappa shape index (κ2) is 7.29. The van der Waals surface area contributed by atoms with Gasteiger partial charge in [0.05, 0.1) is 6.54 Å². The Kier molecular flexibility index (Phi) is 5.95. The summed E-state index contributed by atoms with van der Waals surface area (Å²) in [6, 6.07) is 0.668. The van der Waals surface area contributed by atoms with Crippen LogP contribution in [0.15, 0.2) is 0 Å². The molecule has 1 atom stereocenters. The third-order valence-corrected chi connectivity index (χ3v) is 3.13. The van der Waals surface area contributed by atoms with E-state index >= 15 is 0 Å². The number of hydrogen-bond donors (Lipinski definition) is 2. The van der Waals surface area contributed by atoms with Gasteiger partial charge in [-0.3, -0.25) is 4.79 Å². The minimum atomic E-state index is 0.0639. The summed E-state index contributed by atoms with van der Waals surface area (Å²) >= 11 is 0. The number of amides is 1. The summed E-state index contributed by atoms with van der Waals surface area (Å²) in [7, 11) is 0. The molecule has 0 spiro atoms. The van der Waals surface area contributed by atoms with Crippen molar-refractivity contribution in [1.82, 2.24) is 10.6 Å². The fraction of sp³-hybridized carbons (Fsp3) is 0.769. The maximum absolute atomic E-state index is 11.6. The lowest BCUT2D eigenvalue weighted by atomic mass is 10.1. The van der Waals surface area contributed by atoms with E-state index in [4.69, 9.17) is 6.42 Å². The van der Waals surface area contributed by atoms with Crippen molar-refractivity contribution >= 4 is 5.91 Å². The molecule has 1 unspecified atom stereocenters. The van der Waals surface area contributed by atoms with Crippen molar-refractivity contribution in [2.24, 2.45) is 0 Å². The van der Waals surface area contributed by atoms with Crippen molar-refractivity contribution < 1.29 is 4.79 Å². The van der Waals surface area contributed by atoms with Gasteiger partial charge in [-0.2, -0.15) is 0 Å². The number of hydrogen-bond acceptors (Lipinski definition) is 2. The van der Waals surface area contributed by atoms with Crippen LogP contribution in [0, 0.1) is 12.3 Å². The van der Waals surface area contributed by atoms with E-state index in [-0.39, 0.29) is 11.9 Å². The Labute approximate surface area is 98.4 Å². The molecule has 3 heteroatoms. The van der Waals surface area contributed by atoms with Crippen molar-refractivity contribution in [2.75, 3.05) is 6.54 Å².